The van der Waals surface area contributed by atoms with Crippen molar-refractivity contribution in [2.75, 3.05) is 16.8 Å². The van der Waals surface area contributed by atoms with E-state index in [1.165, 1.54) is 4.68 Å². The fourth-order valence-electron chi connectivity index (χ4n) is 2.61. The van der Waals surface area contributed by atoms with E-state index in [-0.39, 0.29) is 24.8 Å². The average Bonchev–Trinajstić information content (AvgIpc) is 2.85. The molecule has 1 atom stereocenters. The molecule has 24 heavy (non-hydrogen) atoms. The summed E-state index contributed by atoms with van der Waals surface area (Å²) in [5, 5.41) is 6.78. The molecule has 1 aromatic heterocycles. The maximum Gasteiger partial charge on any atom is 0.267 e. The molecule has 1 aromatic carbocycles. The van der Waals surface area contributed by atoms with E-state index in [0.717, 1.165) is 0 Å². The molecule has 0 unspecified atom stereocenters. The van der Waals surface area contributed by atoms with Gasteiger partial charge in [-0.25, -0.2) is 4.68 Å². The van der Waals surface area contributed by atoms with Gasteiger partial charge in [-0.1, -0.05) is 12.1 Å². The van der Waals surface area contributed by atoms with Crippen molar-refractivity contribution in [2.24, 2.45) is 7.05 Å². The quantitative estimate of drug-likeness (QED) is 0.912. The van der Waals surface area contributed by atoms with Crippen molar-refractivity contribution in [3.05, 3.63) is 30.1 Å². The number of carbonyl (C=O) groups is 2. The number of para-hydroxylation sites is 2. The van der Waals surface area contributed by atoms with Crippen LogP contribution in [0.3, 0.4) is 0 Å². The largest absolute Gasteiger partial charge is 0.479 e. The molecule has 2 aromatic rings. The third kappa shape index (κ3) is 3.08. The monoisotopic (exact) mass is 329 g/mol. The fraction of sp³-hybridized carbons (Fsp3) is 0.375. The molecule has 8 heteroatoms. The highest BCUT2D eigenvalue weighted by atomic mass is 16.5. The zero-order chi connectivity index (χ0) is 17.3. The van der Waals surface area contributed by atoms with E-state index >= 15 is 0 Å². The van der Waals surface area contributed by atoms with E-state index < -0.39 is 6.10 Å². The molecule has 1 aliphatic rings. The number of aromatic nitrogens is 3. The van der Waals surface area contributed by atoms with Gasteiger partial charge in [-0.15, -0.1) is 0 Å². The predicted octanol–water partition coefficient (Wildman–Crippen LogP) is 1.27. The van der Waals surface area contributed by atoms with Gasteiger partial charge in [0.1, 0.15) is 11.6 Å². The number of hydrogen-bond acceptors (Lipinski definition) is 5. The molecular formula is C16H19N5O3. The van der Waals surface area contributed by atoms with Gasteiger partial charge in [-0.05, 0) is 26.0 Å². The van der Waals surface area contributed by atoms with Gasteiger partial charge in [0, 0.05) is 20.0 Å². The van der Waals surface area contributed by atoms with E-state index in [0.29, 0.717) is 23.2 Å². The summed E-state index contributed by atoms with van der Waals surface area (Å²) in [6.07, 6.45) is -0.414. The topological polar surface area (TPSA) is 89.4 Å². The Hall–Kier alpha value is -2.90. The molecule has 126 valence electrons. The first-order valence-electron chi connectivity index (χ1n) is 7.70. The Balaban J connectivity index is 1.68. The zero-order valence-electron chi connectivity index (χ0n) is 13.8. The lowest BCUT2D eigenvalue weighted by molar-refractivity contribution is -0.125. The summed E-state index contributed by atoms with van der Waals surface area (Å²) in [7, 11) is 1.71. The van der Waals surface area contributed by atoms with E-state index in [1.807, 2.05) is 24.3 Å². The Morgan fingerprint density at radius 1 is 1.38 bits per heavy atom. The van der Waals surface area contributed by atoms with Gasteiger partial charge in [-0.3, -0.25) is 14.9 Å². The van der Waals surface area contributed by atoms with E-state index in [1.54, 1.807) is 25.8 Å². The number of benzene rings is 1. The van der Waals surface area contributed by atoms with Crippen LogP contribution in [0.2, 0.25) is 0 Å². The molecule has 1 aliphatic heterocycles. The maximum atomic E-state index is 12.4. The van der Waals surface area contributed by atoms with Gasteiger partial charge < -0.3 is 9.64 Å². The molecule has 2 heterocycles. The standard InChI is InChI=1S/C16H19N5O3/c1-10-15(23)21(12-6-4-5-7-13(12)24-10)9-8-14(22)18-16-17-11(2)19-20(16)3/h4-7,10H,8-9H2,1-3H3,(H,17,18,19,22)/t10-/m0/s1. The normalized spacial score (nSPS) is 16.5. The highest BCUT2D eigenvalue weighted by Gasteiger charge is 2.31. The average molecular weight is 329 g/mol. The molecule has 0 spiro atoms. The number of rotatable bonds is 4. The van der Waals surface area contributed by atoms with Crippen molar-refractivity contribution in [2.45, 2.75) is 26.4 Å². The van der Waals surface area contributed by atoms with Crippen molar-refractivity contribution in [3.63, 3.8) is 0 Å². The van der Waals surface area contributed by atoms with Crippen molar-refractivity contribution in [1.29, 1.82) is 0 Å². The summed E-state index contributed by atoms with van der Waals surface area (Å²) in [6.45, 7) is 3.72. The third-order valence-electron chi connectivity index (χ3n) is 3.76. The van der Waals surface area contributed by atoms with Crippen LogP contribution < -0.4 is 15.0 Å². The van der Waals surface area contributed by atoms with Crippen LogP contribution in [0.15, 0.2) is 24.3 Å². The van der Waals surface area contributed by atoms with Gasteiger partial charge in [0.25, 0.3) is 5.91 Å². The first kappa shape index (κ1) is 16.0. The predicted molar refractivity (Wildman–Crippen MR) is 87.9 cm³/mol. The molecule has 0 bridgehead atoms. The summed E-state index contributed by atoms with van der Waals surface area (Å²) < 4.78 is 7.09. The number of fused-ring (bicyclic) bond motifs is 1. The summed E-state index contributed by atoms with van der Waals surface area (Å²) in [5.74, 6) is 1.23. The number of hydrogen-bond donors (Lipinski definition) is 1. The number of anilines is 2. The smallest absolute Gasteiger partial charge is 0.267 e. The van der Waals surface area contributed by atoms with Gasteiger partial charge in [0.2, 0.25) is 11.9 Å². The van der Waals surface area contributed by atoms with Crippen molar-refractivity contribution in [3.8, 4) is 5.75 Å². The van der Waals surface area contributed by atoms with E-state index in [4.69, 9.17) is 4.74 Å². The Labute approximate surface area is 139 Å². The van der Waals surface area contributed by atoms with Gasteiger partial charge >= 0.3 is 0 Å². The van der Waals surface area contributed by atoms with E-state index in [2.05, 4.69) is 15.4 Å². The van der Waals surface area contributed by atoms with E-state index in [9.17, 15) is 9.59 Å². The molecule has 0 fully saturated rings. The first-order chi connectivity index (χ1) is 11.5. The molecule has 1 N–H and O–H groups in total. The molecule has 0 aliphatic carbocycles. The van der Waals surface area contributed by atoms with Gasteiger partial charge in [0.15, 0.2) is 6.10 Å². The number of carbonyl (C=O) groups excluding carboxylic acids is 2. The summed E-state index contributed by atoms with van der Waals surface area (Å²) in [6, 6.07) is 7.31. The van der Waals surface area contributed by atoms with Crippen molar-refractivity contribution in [1.82, 2.24) is 14.8 Å². The Morgan fingerprint density at radius 3 is 2.83 bits per heavy atom. The first-order valence-corrected chi connectivity index (χ1v) is 7.70. The molecule has 0 saturated heterocycles. The maximum absolute atomic E-state index is 12.4. The van der Waals surface area contributed by atoms with Crippen LogP contribution in [0.5, 0.6) is 5.75 Å². The van der Waals surface area contributed by atoms with Gasteiger partial charge in [-0.2, -0.15) is 10.1 Å². The molecule has 3 rings (SSSR count). The van der Waals surface area contributed by atoms with Crippen LogP contribution in [0.4, 0.5) is 11.6 Å². The summed E-state index contributed by atoms with van der Waals surface area (Å²) in [5.41, 5.74) is 0.683. The second-order valence-corrected chi connectivity index (χ2v) is 5.62. The molecule has 0 saturated carbocycles. The summed E-state index contributed by atoms with van der Waals surface area (Å²) >= 11 is 0. The number of amides is 2. The summed E-state index contributed by atoms with van der Waals surface area (Å²) in [4.78, 5) is 30.2. The van der Waals surface area contributed by atoms with Gasteiger partial charge in [0.05, 0.1) is 5.69 Å². The zero-order valence-corrected chi connectivity index (χ0v) is 13.8. The minimum absolute atomic E-state index is 0.151. The van der Waals surface area contributed by atoms with Crippen LogP contribution in [0.1, 0.15) is 19.2 Å². The number of nitrogens with one attached hydrogen (secondary N) is 1. The minimum atomic E-state index is -0.565. The number of nitrogens with zero attached hydrogens (tertiary/aromatic N) is 4. The van der Waals surface area contributed by atoms with Crippen molar-refractivity contribution < 1.29 is 14.3 Å². The molecule has 8 nitrogen and oxygen atoms in total. The Kier molecular flexibility index (Phi) is 4.20. The second kappa shape index (κ2) is 6.31. The molecule has 2 amide bonds. The highest BCUT2D eigenvalue weighted by molar-refractivity contribution is 6.00. The lowest BCUT2D eigenvalue weighted by atomic mass is 10.1. The minimum Gasteiger partial charge on any atom is -0.479 e. The van der Waals surface area contributed by atoms with Crippen LogP contribution >= 0.6 is 0 Å². The SMILES string of the molecule is Cc1nc(NC(=O)CCN2C(=O)[C@H](C)Oc3ccccc32)n(C)n1. The molecule has 0 radical (unpaired) electrons. The lowest BCUT2D eigenvalue weighted by Crippen LogP contribution is -2.45. The second-order valence-electron chi connectivity index (χ2n) is 5.62. The Morgan fingerprint density at radius 2 is 2.12 bits per heavy atom. The van der Waals surface area contributed by atoms with Crippen LogP contribution in [0.25, 0.3) is 0 Å². The van der Waals surface area contributed by atoms with Crippen LogP contribution in [-0.4, -0.2) is 39.2 Å². The fourth-order valence-corrected chi connectivity index (χ4v) is 2.61. The van der Waals surface area contributed by atoms with Crippen LogP contribution in [-0.2, 0) is 16.6 Å². The van der Waals surface area contributed by atoms with Crippen molar-refractivity contribution >= 4 is 23.5 Å². The number of aryl methyl sites for hydroxylation is 2. The third-order valence-corrected chi connectivity index (χ3v) is 3.76. The highest BCUT2D eigenvalue weighted by Crippen LogP contribution is 2.33. The van der Waals surface area contributed by atoms with Crippen LogP contribution in [0, 0.1) is 6.92 Å². The Bertz CT molecular complexity index is 786. The lowest BCUT2D eigenvalue weighted by Gasteiger charge is -2.32. The number of ether oxygens (including phenoxy) is 1. The molecular weight excluding hydrogens is 310 g/mol.